The van der Waals surface area contributed by atoms with E-state index in [9.17, 15) is 18.8 Å². The van der Waals surface area contributed by atoms with Gasteiger partial charge in [-0.1, -0.05) is 12.1 Å². The van der Waals surface area contributed by atoms with Crippen LogP contribution >= 0.6 is 12.4 Å². The van der Waals surface area contributed by atoms with Crippen molar-refractivity contribution in [2.24, 2.45) is 0 Å². The van der Waals surface area contributed by atoms with Crippen molar-refractivity contribution in [3.8, 4) is 0 Å². The number of piperidine rings is 1. The van der Waals surface area contributed by atoms with Gasteiger partial charge in [-0.2, -0.15) is 0 Å². The Morgan fingerprint density at radius 2 is 1.89 bits per heavy atom. The van der Waals surface area contributed by atoms with Crippen molar-refractivity contribution < 1.29 is 23.9 Å². The standard InChI is InChI=1S/C18H25FN4O4.ClH/c1-12(23-9-7-13(8-10-23)22(2)11-16(24)25)17(26)21-18(27)20-15-6-4-3-5-14(15)19;/h3-6,12-13H,7-11H2,1-2H3,(H,24,25)(H2,20,21,26,27);1H. The molecular weight excluding hydrogens is 391 g/mol. The number of hydrogen-bond donors (Lipinski definition) is 3. The lowest BCUT2D eigenvalue weighted by molar-refractivity contribution is -0.138. The molecule has 3 amide bonds. The van der Waals surface area contributed by atoms with Gasteiger partial charge in [-0.15, -0.1) is 12.4 Å². The SMILES string of the molecule is CC(C(=O)NC(=O)Nc1ccccc1F)N1CCC(N(C)CC(=O)O)CC1.Cl. The van der Waals surface area contributed by atoms with Crippen molar-refractivity contribution in [1.29, 1.82) is 0 Å². The number of anilines is 1. The third-order valence-corrected chi connectivity index (χ3v) is 4.79. The Hall–Kier alpha value is -2.23. The number of nitrogens with one attached hydrogen (secondary N) is 2. The number of carbonyl (C=O) groups excluding carboxylic acids is 2. The Morgan fingerprint density at radius 1 is 1.29 bits per heavy atom. The molecule has 2 rings (SSSR count). The van der Waals surface area contributed by atoms with Crippen LogP contribution in [0.25, 0.3) is 0 Å². The van der Waals surface area contributed by atoms with E-state index in [1.807, 2.05) is 4.90 Å². The highest BCUT2D eigenvalue weighted by Gasteiger charge is 2.29. The van der Waals surface area contributed by atoms with Crippen LogP contribution in [0.3, 0.4) is 0 Å². The average Bonchev–Trinajstić information content (AvgIpc) is 2.62. The lowest BCUT2D eigenvalue weighted by Gasteiger charge is -2.38. The molecule has 28 heavy (non-hydrogen) atoms. The van der Waals surface area contributed by atoms with Crippen LogP contribution in [-0.2, 0) is 9.59 Å². The number of urea groups is 1. The Bertz CT molecular complexity index is 698. The van der Waals surface area contributed by atoms with Crippen LogP contribution in [0, 0.1) is 5.82 Å². The molecule has 0 bridgehead atoms. The second kappa shape index (κ2) is 10.9. The molecule has 1 aromatic carbocycles. The summed E-state index contributed by atoms with van der Waals surface area (Å²) in [6.45, 7) is 2.93. The summed E-state index contributed by atoms with van der Waals surface area (Å²) in [4.78, 5) is 38.8. The number of benzene rings is 1. The first-order chi connectivity index (χ1) is 12.8. The van der Waals surface area contributed by atoms with E-state index in [2.05, 4.69) is 10.6 Å². The molecule has 1 atom stereocenters. The molecule has 8 nitrogen and oxygen atoms in total. The molecule has 1 unspecified atom stereocenters. The number of halogens is 2. The fourth-order valence-electron chi connectivity index (χ4n) is 3.15. The number of nitrogens with zero attached hydrogens (tertiary/aromatic N) is 2. The summed E-state index contributed by atoms with van der Waals surface area (Å²) in [7, 11) is 1.78. The number of aliphatic carboxylic acids is 1. The first-order valence-electron chi connectivity index (χ1n) is 8.80. The molecule has 0 aromatic heterocycles. The van der Waals surface area contributed by atoms with Crippen molar-refractivity contribution in [2.45, 2.75) is 31.8 Å². The molecule has 3 N–H and O–H groups in total. The lowest BCUT2D eigenvalue weighted by Crippen LogP contribution is -2.52. The normalized spacial score (nSPS) is 16.1. The first kappa shape index (κ1) is 23.8. The minimum absolute atomic E-state index is 0. The number of likely N-dealkylation sites (tertiary alicyclic amines) is 1. The second-order valence-electron chi connectivity index (χ2n) is 6.68. The maximum Gasteiger partial charge on any atom is 0.326 e. The molecule has 0 spiro atoms. The van der Waals surface area contributed by atoms with Crippen LogP contribution in [0.2, 0.25) is 0 Å². The van der Waals surface area contributed by atoms with Crippen molar-refractivity contribution >= 4 is 36.0 Å². The Balaban J connectivity index is 0.00000392. The Labute approximate surface area is 169 Å². The molecule has 10 heteroatoms. The molecule has 1 aromatic rings. The lowest BCUT2D eigenvalue weighted by atomic mass is 10.0. The van der Waals surface area contributed by atoms with Crippen LogP contribution in [0.5, 0.6) is 0 Å². The van der Waals surface area contributed by atoms with Crippen molar-refractivity contribution in [3.05, 3.63) is 30.1 Å². The smallest absolute Gasteiger partial charge is 0.326 e. The zero-order valence-electron chi connectivity index (χ0n) is 15.9. The maximum atomic E-state index is 13.5. The van der Waals surface area contributed by atoms with Gasteiger partial charge in [0.25, 0.3) is 0 Å². The Morgan fingerprint density at radius 3 is 2.46 bits per heavy atom. The third kappa shape index (κ3) is 6.74. The fourth-order valence-corrected chi connectivity index (χ4v) is 3.15. The summed E-state index contributed by atoms with van der Waals surface area (Å²) >= 11 is 0. The molecule has 1 aliphatic heterocycles. The highest BCUT2D eigenvalue weighted by molar-refractivity contribution is 6.02. The topological polar surface area (TPSA) is 102 Å². The monoisotopic (exact) mass is 416 g/mol. The van der Waals surface area contributed by atoms with E-state index in [0.717, 1.165) is 12.8 Å². The van der Waals surface area contributed by atoms with Crippen LogP contribution in [-0.4, -0.2) is 71.6 Å². The van der Waals surface area contributed by atoms with Crippen molar-refractivity contribution in [1.82, 2.24) is 15.1 Å². The predicted octanol–water partition coefficient (Wildman–Crippen LogP) is 1.76. The van der Waals surface area contributed by atoms with Gasteiger partial charge in [0.15, 0.2) is 0 Å². The summed E-state index contributed by atoms with van der Waals surface area (Å²) in [5.41, 5.74) is -0.00210. The maximum absolute atomic E-state index is 13.5. The van der Waals surface area contributed by atoms with E-state index in [1.54, 1.807) is 24.9 Å². The number of amides is 3. The number of imide groups is 1. The van der Waals surface area contributed by atoms with Gasteiger partial charge in [-0.25, -0.2) is 9.18 Å². The minimum Gasteiger partial charge on any atom is -0.480 e. The number of carboxylic acid groups (broad SMARTS) is 1. The largest absolute Gasteiger partial charge is 0.480 e. The zero-order valence-corrected chi connectivity index (χ0v) is 16.7. The highest BCUT2D eigenvalue weighted by atomic mass is 35.5. The van der Waals surface area contributed by atoms with Crippen LogP contribution < -0.4 is 10.6 Å². The van der Waals surface area contributed by atoms with E-state index in [0.29, 0.717) is 13.1 Å². The quantitative estimate of drug-likeness (QED) is 0.653. The summed E-state index contributed by atoms with van der Waals surface area (Å²) in [6, 6.07) is 4.54. The molecular formula is C18H26ClFN4O4. The van der Waals surface area contributed by atoms with E-state index >= 15 is 0 Å². The van der Waals surface area contributed by atoms with Gasteiger partial charge >= 0.3 is 12.0 Å². The van der Waals surface area contributed by atoms with Gasteiger partial charge < -0.3 is 10.4 Å². The van der Waals surface area contributed by atoms with E-state index in [4.69, 9.17) is 5.11 Å². The minimum atomic E-state index is -0.867. The molecule has 0 saturated carbocycles. The van der Waals surface area contributed by atoms with E-state index < -0.39 is 29.8 Å². The molecule has 1 heterocycles. The molecule has 1 aliphatic rings. The summed E-state index contributed by atoms with van der Waals surface area (Å²) in [6.07, 6.45) is 1.48. The predicted molar refractivity (Wildman–Crippen MR) is 105 cm³/mol. The molecule has 1 fully saturated rings. The number of para-hydroxylation sites is 1. The number of rotatable bonds is 6. The molecule has 156 valence electrons. The Kier molecular flexibility index (Phi) is 9.30. The first-order valence-corrected chi connectivity index (χ1v) is 8.80. The van der Waals surface area contributed by atoms with Gasteiger partial charge in [-0.05, 0) is 38.9 Å². The fraction of sp³-hybridized carbons (Fsp3) is 0.500. The summed E-state index contributed by atoms with van der Waals surface area (Å²) < 4.78 is 13.5. The highest BCUT2D eigenvalue weighted by Crippen LogP contribution is 2.17. The molecule has 0 radical (unpaired) electrons. The molecule has 0 aliphatic carbocycles. The van der Waals surface area contributed by atoms with Crippen LogP contribution in [0.4, 0.5) is 14.9 Å². The van der Waals surface area contributed by atoms with Gasteiger partial charge in [0.05, 0.1) is 18.3 Å². The summed E-state index contributed by atoms with van der Waals surface area (Å²) in [5, 5.41) is 13.4. The van der Waals surface area contributed by atoms with Gasteiger partial charge in [0.2, 0.25) is 5.91 Å². The van der Waals surface area contributed by atoms with Gasteiger partial charge in [0.1, 0.15) is 5.82 Å². The van der Waals surface area contributed by atoms with Crippen molar-refractivity contribution in [2.75, 3.05) is 32.0 Å². The number of carbonyl (C=O) groups is 3. The van der Waals surface area contributed by atoms with Gasteiger partial charge in [0, 0.05) is 19.1 Å². The molecule has 1 saturated heterocycles. The number of carboxylic acids is 1. The third-order valence-electron chi connectivity index (χ3n) is 4.79. The number of likely N-dealkylation sites (N-methyl/N-ethyl adjacent to an activating group) is 1. The average molecular weight is 417 g/mol. The van der Waals surface area contributed by atoms with Crippen LogP contribution in [0.15, 0.2) is 24.3 Å². The summed E-state index contributed by atoms with van der Waals surface area (Å²) in [5.74, 6) is -1.92. The number of hydrogen-bond acceptors (Lipinski definition) is 5. The zero-order chi connectivity index (χ0) is 20.0. The van der Waals surface area contributed by atoms with E-state index in [-0.39, 0.29) is 30.7 Å². The van der Waals surface area contributed by atoms with Gasteiger partial charge in [-0.3, -0.25) is 24.7 Å². The second-order valence-corrected chi connectivity index (χ2v) is 6.68. The van der Waals surface area contributed by atoms with Crippen molar-refractivity contribution in [3.63, 3.8) is 0 Å². The van der Waals surface area contributed by atoms with E-state index in [1.165, 1.54) is 18.2 Å². The van der Waals surface area contributed by atoms with Crippen LogP contribution in [0.1, 0.15) is 19.8 Å².